The Morgan fingerprint density at radius 2 is 2.30 bits per heavy atom. The van der Waals surface area contributed by atoms with Crippen molar-refractivity contribution in [1.29, 1.82) is 5.26 Å². The molecule has 2 heteroatoms. The van der Waals surface area contributed by atoms with Crippen LogP contribution in [0.3, 0.4) is 0 Å². The van der Waals surface area contributed by atoms with Crippen LogP contribution in [-0.4, -0.2) is 12.2 Å². The Labute approximate surface area is 61.8 Å². The summed E-state index contributed by atoms with van der Waals surface area (Å²) in [6.07, 6.45) is 1.78. The molecule has 0 aromatic heterocycles. The van der Waals surface area contributed by atoms with E-state index in [2.05, 4.69) is 6.07 Å². The highest BCUT2D eigenvalue weighted by molar-refractivity contribution is 4.90. The zero-order valence-corrected chi connectivity index (χ0v) is 6.55. The summed E-state index contributed by atoms with van der Waals surface area (Å²) in [5.74, 6) is 0.212. The van der Waals surface area contributed by atoms with Crippen molar-refractivity contribution < 1.29 is 4.74 Å². The quantitative estimate of drug-likeness (QED) is 0.512. The Bertz CT molecular complexity index is 157. The van der Waals surface area contributed by atoms with Gasteiger partial charge in [0.15, 0.2) is 0 Å². The molecule has 1 fully saturated rings. The Hall–Kier alpha value is -0.550. The van der Waals surface area contributed by atoms with E-state index in [0.29, 0.717) is 0 Å². The van der Waals surface area contributed by atoms with E-state index in [9.17, 15) is 0 Å². The normalized spacial score (nSPS) is 31.1. The van der Waals surface area contributed by atoms with Crippen LogP contribution < -0.4 is 0 Å². The number of hydrogen-bond donors (Lipinski definition) is 0. The van der Waals surface area contributed by atoms with Crippen molar-refractivity contribution in [2.75, 3.05) is 6.61 Å². The third-order valence-electron chi connectivity index (χ3n) is 1.88. The summed E-state index contributed by atoms with van der Waals surface area (Å²) < 4.78 is 5.45. The highest BCUT2D eigenvalue weighted by Gasteiger charge is 2.28. The summed E-state index contributed by atoms with van der Waals surface area (Å²) in [7, 11) is 0. The second-order valence-electron chi connectivity index (χ2n) is 3.43. The van der Waals surface area contributed by atoms with Crippen LogP contribution in [0.25, 0.3) is 0 Å². The summed E-state index contributed by atoms with van der Waals surface area (Å²) in [6, 6.07) is 2.28. The third-order valence-corrected chi connectivity index (χ3v) is 1.88. The number of nitrogens with zero attached hydrogens (tertiary/aromatic N) is 1. The van der Waals surface area contributed by atoms with Gasteiger partial charge in [0, 0.05) is 6.61 Å². The van der Waals surface area contributed by atoms with E-state index in [0.717, 1.165) is 19.4 Å². The topological polar surface area (TPSA) is 33.0 Å². The van der Waals surface area contributed by atoms with Crippen LogP contribution in [0.5, 0.6) is 0 Å². The Kier molecular flexibility index (Phi) is 1.96. The molecule has 0 N–H and O–H groups in total. The molecule has 56 valence electrons. The highest BCUT2D eigenvalue weighted by Crippen LogP contribution is 2.27. The lowest BCUT2D eigenvalue weighted by atomic mass is 9.90. The zero-order chi connectivity index (χ0) is 7.61. The first kappa shape index (κ1) is 7.56. The molecule has 1 heterocycles. The lowest BCUT2D eigenvalue weighted by Crippen LogP contribution is -2.33. The first-order chi connectivity index (χ1) is 4.64. The minimum absolute atomic E-state index is 0.0708. The summed E-state index contributed by atoms with van der Waals surface area (Å²) in [5, 5.41) is 8.62. The van der Waals surface area contributed by atoms with E-state index in [1.807, 2.05) is 13.8 Å². The van der Waals surface area contributed by atoms with Gasteiger partial charge in [-0.15, -0.1) is 0 Å². The minimum Gasteiger partial charge on any atom is -0.375 e. The smallest absolute Gasteiger partial charge is 0.0657 e. The molecule has 0 spiro atoms. The van der Waals surface area contributed by atoms with Crippen molar-refractivity contribution in [3.8, 4) is 6.07 Å². The van der Waals surface area contributed by atoms with Crippen molar-refractivity contribution in [3.63, 3.8) is 0 Å². The van der Waals surface area contributed by atoms with Crippen molar-refractivity contribution in [3.05, 3.63) is 0 Å². The van der Waals surface area contributed by atoms with Gasteiger partial charge in [-0.25, -0.2) is 0 Å². The first-order valence-electron chi connectivity index (χ1n) is 3.68. The van der Waals surface area contributed by atoms with Gasteiger partial charge in [-0.3, -0.25) is 0 Å². The third kappa shape index (κ3) is 1.71. The Morgan fingerprint density at radius 1 is 1.60 bits per heavy atom. The standard InChI is InChI=1S/C8H13NO/c1-8(2)5-7(6-9)3-4-10-8/h7H,3-5H2,1-2H3. The fraction of sp³-hybridized carbons (Fsp3) is 0.875. The number of hydrogen-bond acceptors (Lipinski definition) is 2. The first-order valence-corrected chi connectivity index (χ1v) is 3.68. The SMILES string of the molecule is CC1(C)CC(C#N)CCO1. The van der Waals surface area contributed by atoms with E-state index in [1.54, 1.807) is 0 Å². The fourth-order valence-electron chi connectivity index (χ4n) is 1.34. The van der Waals surface area contributed by atoms with Gasteiger partial charge >= 0.3 is 0 Å². The molecule has 0 aromatic rings. The van der Waals surface area contributed by atoms with Crippen LogP contribution in [0.15, 0.2) is 0 Å². The summed E-state index contributed by atoms with van der Waals surface area (Å²) in [5.41, 5.74) is -0.0708. The van der Waals surface area contributed by atoms with Crippen LogP contribution in [0.2, 0.25) is 0 Å². The molecule has 1 unspecified atom stereocenters. The highest BCUT2D eigenvalue weighted by atomic mass is 16.5. The second kappa shape index (κ2) is 2.59. The molecular weight excluding hydrogens is 126 g/mol. The monoisotopic (exact) mass is 139 g/mol. The van der Waals surface area contributed by atoms with Gasteiger partial charge in [-0.1, -0.05) is 0 Å². The van der Waals surface area contributed by atoms with E-state index in [-0.39, 0.29) is 11.5 Å². The molecule has 1 rings (SSSR count). The van der Waals surface area contributed by atoms with Gasteiger partial charge in [-0.05, 0) is 26.7 Å². The van der Waals surface area contributed by atoms with Gasteiger partial charge in [0.25, 0.3) is 0 Å². The van der Waals surface area contributed by atoms with Crippen LogP contribution in [0.1, 0.15) is 26.7 Å². The molecule has 1 saturated heterocycles. The van der Waals surface area contributed by atoms with E-state index in [1.165, 1.54) is 0 Å². The predicted octanol–water partition coefficient (Wildman–Crippen LogP) is 1.72. The van der Waals surface area contributed by atoms with Crippen LogP contribution in [0, 0.1) is 17.2 Å². The van der Waals surface area contributed by atoms with Crippen molar-refractivity contribution in [2.24, 2.45) is 5.92 Å². The molecule has 0 aliphatic carbocycles. The maximum Gasteiger partial charge on any atom is 0.0657 e. The summed E-state index contributed by atoms with van der Waals surface area (Å²) in [6.45, 7) is 4.82. The van der Waals surface area contributed by atoms with Gasteiger partial charge in [0.2, 0.25) is 0 Å². The molecule has 10 heavy (non-hydrogen) atoms. The predicted molar refractivity (Wildman–Crippen MR) is 38.4 cm³/mol. The largest absolute Gasteiger partial charge is 0.375 e. The molecular formula is C8H13NO. The molecule has 1 aliphatic heterocycles. The van der Waals surface area contributed by atoms with Gasteiger partial charge in [-0.2, -0.15) is 5.26 Å². The molecule has 0 bridgehead atoms. The molecule has 0 amide bonds. The number of nitriles is 1. The van der Waals surface area contributed by atoms with E-state index in [4.69, 9.17) is 10.00 Å². The lowest BCUT2D eigenvalue weighted by molar-refractivity contribution is -0.0633. The molecule has 0 radical (unpaired) electrons. The molecule has 1 atom stereocenters. The average Bonchev–Trinajstić information content (AvgIpc) is 1.86. The van der Waals surface area contributed by atoms with Gasteiger partial charge < -0.3 is 4.74 Å². The molecule has 0 aromatic carbocycles. The van der Waals surface area contributed by atoms with E-state index < -0.39 is 0 Å². The second-order valence-corrected chi connectivity index (χ2v) is 3.43. The minimum atomic E-state index is -0.0708. The Morgan fingerprint density at radius 3 is 2.70 bits per heavy atom. The number of rotatable bonds is 0. The fourth-order valence-corrected chi connectivity index (χ4v) is 1.34. The summed E-state index contributed by atoms with van der Waals surface area (Å²) in [4.78, 5) is 0. The van der Waals surface area contributed by atoms with Crippen LogP contribution >= 0.6 is 0 Å². The van der Waals surface area contributed by atoms with Crippen molar-refractivity contribution in [1.82, 2.24) is 0 Å². The van der Waals surface area contributed by atoms with Crippen molar-refractivity contribution >= 4 is 0 Å². The van der Waals surface area contributed by atoms with E-state index >= 15 is 0 Å². The lowest BCUT2D eigenvalue weighted by Gasteiger charge is -2.32. The van der Waals surface area contributed by atoms with Gasteiger partial charge in [0.05, 0.1) is 17.6 Å². The molecule has 2 nitrogen and oxygen atoms in total. The maximum absolute atomic E-state index is 8.62. The Balaban J connectivity index is 2.49. The average molecular weight is 139 g/mol. The van der Waals surface area contributed by atoms with Gasteiger partial charge in [0.1, 0.15) is 0 Å². The van der Waals surface area contributed by atoms with Crippen LogP contribution in [-0.2, 0) is 4.74 Å². The maximum atomic E-state index is 8.62. The van der Waals surface area contributed by atoms with Crippen molar-refractivity contribution in [2.45, 2.75) is 32.3 Å². The molecule has 1 aliphatic rings. The zero-order valence-electron chi connectivity index (χ0n) is 6.55. The number of ether oxygens (including phenoxy) is 1. The summed E-state index contributed by atoms with van der Waals surface area (Å²) >= 11 is 0. The van der Waals surface area contributed by atoms with Crippen LogP contribution in [0.4, 0.5) is 0 Å². The molecule has 0 saturated carbocycles.